The predicted molar refractivity (Wildman–Crippen MR) is 72.9 cm³/mol. The summed E-state index contributed by atoms with van der Waals surface area (Å²) in [5, 5.41) is 0. The number of Topliss-reactive ketones (excluding diaryl/α,β-unsaturated/α-hetero) is 1. The molecule has 0 amide bonds. The fourth-order valence-corrected chi connectivity index (χ4v) is 1.88. The van der Waals surface area contributed by atoms with Crippen molar-refractivity contribution in [3.05, 3.63) is 35.4 Å². The van der Waals surface area contributed by atoms with Crippen LogP contribution in [0.5, 0.6) is 0 Å². The second-order valence-corrected chi connectivity index (χ2v) is 4.97. The van der Waals surface area contributed by atoms with Crippen molar-refractivity contribution in [1.29, 1.82) is 0 Å². The zero-order valence-electron chi connectivity index (χ0n) is 11.8. The van der Waals surface area contributed by atoms with Gasteiger partial charge >= 0.3 is 6.18 Å². The largest absolute Gasteiger partial charge is 0.390 e. The molecule has 1 aromatic rings. The van der Waals surface area contributed by atoms with Gasteiger partial charge in [-0.1, -0.05) is 37.6 Å². The summed E-state index contributed by atoms with van der Waals surface area (Å²) >= 11 is 0. The number of likely N-dealkylation sites (N-methyl/N-ethyl adjacent to an activating group) is 1. The number of hydrogen-bond donors (Lipinski definition) is 0. The van der Waals surface area contributed by atoms with Crippen molar-refractivity contribution in [2.75, 3.05) is 20.1 Å². The van der Waals surface area contributed by atoms with Gasteiger partial charge in [0.2, 0.25) is 0 Å². The number of carbonyl (C=O) groups is 1. The highest BCUT2D eigenvalue weighted by Crippen LogP contribution is 2.19. The zero-order chi connectivity index (χ0) is 15.2. The van der Waals surface area contributed by atoms with Gasteiger partial charge in [-0.05, 0) is 19.0 Å². The van der Waals surface area contributed by atoms with Crippen LogP contribution in [0.3, 0.4) is 0 Å². The number of rotatable bonds is 7. The third kappa shape index (κ3) is 6.19. The van der Waals surface area contributed by atoms with Crippen molar-refractivity contribution >= 4 is 5.78 Å². The molecule has 0 radical (unpaired) electrons. The number of hydrogen-bond acceptors (Lipinski definition) is 2. The SMILES string of the molecule is CCCc1ccc(C(=O)CN(C)CCC(F)(F)F)cc1. The normalized spacial score (nSPS) is 11.9. The van der Waals surface area contributed by atoms with Crippen molar-refractivity contribution in [3.8, 4) is 0 Å². The van der Waals surface area contributed by atoms with Gasteiger partial charge in [0, 0.05) is 12.1 Å². The molecule has 0 saturated heterocycles. The molecule has 0 aliphatic carbocycles. The molecule has 2 nitrogen and oxygen atoms in total. The van der Waals surface area contributed by atoms with E-state index in [0.717, 1.165) is 18.4 Å². The Hall–Kier alpha value is -1.36. The summed E-state index contributed by atoms with van der Waals surface area (Å²) < 4.78 is 36.2. The van der Waals surface area contributed by atoms with Crippen LogP contribution < -0.4 is 0 Å². The highest BCUT2D eigenvalue weighted by molar-refractivity contribution is 5.97. The lowest BCUT2D eigenvalue weighted by molar-refractivity contribution is -0.137. The van der Waals surface area contributed by atoms with Crippen molar-refractivity contribution in [3.63, 3.8) is 0 Å². The van der Waals surface area contributed by atoms with Crippen molar-refractivity contribution in [1.82, 2.24) is 4.90 Å². The highest BCUT2D eigenvalue weighted by atomic mass is 19.4. The molecule has 0 spiro atoms. The Morgan fingerprint density at radius 3 is 2.30 bits per heavy atom. The number of alkyl halides is 3. The smallest absolute Gasteiger partial charge is 0.299 e. The maximum Gasteiger partial charge on any atom is 0.390 e. The lowest BCUT2D eigenvalue weighted by Crippen LogP contribution is -2.29. The van der Waals surface area contributed by atoms with Crippen LogP contribution in [0.15, 0.2) is 24.3 Å². The molecule has 0 aromatic heterocycles. The van der Waals surface area contributed by atoms with Gasteiger partial charge in [-0.15, -0.1) is 0 Å². The number of halogens is 3. The molecule has 0 unspecified atom stereocenters. The van der Waals surface area contributed by atoms with E-state index < -0.39 is 12.6 Å². The van der Waals surface area contributed by atoms with Crippen LogP contribution in [-0.2, 0) is 6.42 Å². The summed E-state index contributed by atoms with van der Waals surface area (Å²) in [5.41, 5.74) is 1.71. The Labute approximate surface area is 117 Å². The van der Waals surface area contributed by atoms with Crippen molar-refractivity contribution in [2.45, 2.75) is 32.4 Å². The third-order valence-electron chi connectivity index (χ3n) is 3.01. The minimum Gasteiger partial charge on any atom is -0.299 e. The summed E-state index contributed by atoms with van der Waals surface area (Å²) in [5.74, 6) is -0.155. The van der Waals surface area contributed by atoms with E-state index >= 15 is 0 Å². The Bertz CT molecular complexity index is 426. The second-order valence-electron chi connectivity index (χ2n) is 4.97. The average Bonchev–Trinajstić information content (AvgIpc) is 2.37. The first kappa shape index (κ1) is 16.7. The van der Waals surface area contributed by atoms with Crippen LogP contribution in [0.4, 0.5) is 13.2 Å². The van der Waals surface area contributed by atoms with E-state index in [4.69, 9.17) is 0 Å². The predicted octanol–water partition coefficient (Wildman–Crippen LogP) is 3.71. The molecule has 20 heavy (non-hydrogen) atoms. The number of carbonyl (C=O) groups excluding carboxylic acids is 1. The first-order valence-corrected chi connectivity index (χ1v) is 6.69. The zero-order valence-corrected chi connectivity index (χ0v) is 11.8. The maximum atomic E-state index is 12.1. The molecule has 0 atom stereocenters. The molecule has 0 fully saturated rings. The van der Waals surface area contributed by atoms with Gasteiger partial charge in [0.15, 0.2) is 5.78 Å². The molecular formula is C15H20F3NO. The molecule has 0 bridgehead atoms. The minimum atomic E-state index is -4.18. The maximum absolute atomic E-state index is 12.1. The molecular weight excluding hydrogens is 267 g/mol. The van der Waals surface area contributed by atoms with E-state index in [1.807, 2.05) is 12.1 Å². The van der Waals surface area contributed by atoms with E-state index in [-0.39, 0.29) is 18.9 Å². The molecule has 0 aliphatic heterocycles. The van der Waals surface area contributed by atoms with Gasteiger partial charge in [0.1, 0.15) is 0 Å². The van der Waals surface area contributed by atoms with E-state index in [1.165, 1.54) is 11.9 Å². The topological polar surface area (TPSA) is 20.3 Å². The Morgan fingerprint density at radius 1 is 1.20 bits per heavy atom. The number of benzene rings is 1. The fraction of sp³-hybridized carbons (Fsp3) is 0.533. The lowest BCUT2D eigenvalue weighted by Gasteiger charge is -2.16. The van der Waals surface area contributed by atoms with Gasteiger partial charge in [-0.3, -0.25) is 9.69 Å². The monoisotopic (exact) mass is 287 g/mol. The average molecular weight is 287 g/mol. The summed E-state index contributed by atoms with van der Waals surface area (Å²) in [4.78, 5) is 13.3. The Balaban J connectivity index is 2.49. The highest BCUT2D eigenvalue weighted by Gasteiger charge is 2.27. The van der Waals surface area contributed by atoms with Gasteiger partial charge in [0.05, 0.1) is 13.0 Å². The lowest BCUT2D eigenvalue weighted by atomic mass is 10.1. The Kier molecular flexibility index (Phi) is 6.20. The molecule has 1 rings (SSSR count). The first-order valence-electron chi connectivity index (χ1n) is 6.69. The Morgan fingerprint density at radius 2 is 1.80 bits per heavy atom. The van der Waals surface area contributed by atoms with Crippen LogP contribution in [0.2, 0.25) is 0 Å². The number of aryl methyl sites for hydroxylation is 1. The molecule has 0 heterocycles. The van der Waals surface area contributed by atoms with Crippen molar-refractivity contribution in [2.24, 2.45) is 0 Å². The number of nitrogens with zero attached hydrogens (tertiary/aromatic N) is 1. The standard InChI is InChI=1S/C15H20F3NO/c1-3-4-12-5-7-13(8-6-12)14(20)11-19(2)10-9-15(16,17)18/h5-8H,3-4,9-11H2,1-2H3. The van der Waals surface area contributed by atoms with Crippen LogP contribution in [0.25, 0.3) is 0 Å². The summed E-state index contributed by atoms with van der Waals surface area (Å²) in [6, 6.07) is 7.27. The van der Waals surface area contributed by atoms with Crippen LogP contribution >= 0.6 is 0 Å². The van der Waals surface area contributed by atoms with Crippen molar-refractivity contribution < 1.29 is 18.0 Å². The van der Waals surface area contributed by atoms with E-state index in [0.29, 0.717) is 5.56 Å². The molecule has 0 aliphatic rings. The van der Waals surface area contributed by atoms with E-state index in [1.54, 1.807) is 12.1 Å². The van der Waals surface area contributed by atoms with Gasteiger partial charge in [-0.2, -0.15) is 13.2 Å². The second kappa shape index (κ2) is 7.43. The van der Waals surface area contributed by atoms with Gasteiger partial charge in [-0.25, -0.2) is 0 Å². The summed E-state index contributed by atoms with van der Waals surface area (Å²) in [6.45, 7) is 1.92. The molecule has 112 valence electrons. The van der Waals surface area contributed by atoms with Crippen LogP contribution in [0, 0.1) is 0 Å². The molecule has 0 N–H and O–H groups in total. The summed E-state index contributed by atoms with van der Waals surface area (Å²) in [7, 11) is 1.52. The third-order valence-corrected chi connectivity index (χ3v) is 3.01. The quantitative estimate of drug-likeness (QED) is 0.713. The fourth-order valence-electron chi connectivity index (χ4n) is 1.88. The minimum absolute atomic E-state index is 0.00318. The summed E-state index contributed by atoms with van der Waals surface area (Å²) in [6.07, 6.45) is -3.08. The molecule has 0 saturated carbocycles. The molecule has 5 heteroatoms. The first-order chi connectivity index (χ1) is 9.31. The van der Waals surface area contributed by atoms with E-state index in [9.17, 15) is 18.0 Å². The molecule has 1 aromatic carbocycles. The van der Waals surface area contributed by atoms with Crippen LogP contribution in [-0.4, -0.2) is 37.0 Å². The van der Waals surface area contributed by atoms with E-state index in [2.05, 4.69) is 6.92 Å². The van der Waals surface area contributed by atoms with Crippen LogP contribution in [0.1, 0.15) is 35.7 Å². The van der Waals surface area contributed by atoms with Gasteiger partial charge in [0.25, 0.3) is 0 Å². The van der Waals surface area contributed by atoms with Gasteiger partial charge < -0.3 is 0 Å². The number of ketones is 1.